The van der Waals surface area contributed by atoms with Crippen molar-refractivity contribution in [1.29, 1.82) is 0 Å². The van der Waals surface area contributed by atoms with Crippen molar-refractivity contribution >= 4 is 34.3 Å². The maximum Gasteiger partial charge on any atom is 0.296 e. The van der Waals surface area contributed by atoms with Gasteiger partial charge in [-0.25, -0.2) is 0 Å². The fraction of sp³-hybridized carbons (Fsp3) is 0.208. The molecular formula is C24H19ClN2O5. The molecule has 0 N–H and O–H groups in total. The first-order valence-corrected chi connectivity index (χ1v) is 10.5. The molecule has 162 valence electrons. The van der Waals surface area contributed by atoms with Crippen molar-refractivity contribution in [2.24, 2.45) is 0 Å². The molecular weight excluding hydrogens is 432 g/mol. The number of fused-ring (bicyclic) bond motifs is 2. The smallest absolute Gasteiger partial charge is 0.296 e. The van der Waals surface area contributed by atoms with E-state index in [0.29, 0.717) is 38.9 Å². The van der Waals surface area contributed by atoms with Crippen LogP contribution in [0.2, 0.25) is 5.02 Å². The van der Waals surface area contributed by atoms with Crippen molar-refractivity contribution in [3.8, 4) is 5.75 Å². The number of rotatable bonds is 4. The molecule has 32 heavy (non-hydrogen) atoms. The molecule has 0 unspecified atom stereocenters. The monoisotopic (exact) mass is 450 g/mol. The van der Waals surface area contributed by atoms with Gasteiger partial charge in [0.05, 0.1) is 23.1 Å². The van der Waals surface area contributed by atoms with E-state index in [1.165, 1.54) is 4.90 Å². The number of hydrogen-bond acceptors (Lipinski definition) is 6. The van der Waals surface area contributed by atoms with Crippen molar-refractivity contribution in [2.45, 2.75) is 32.9 Å². The first-order valence-electron chi connectivity index (χ1n) is 10.1. The van der Waals surface area contributed by atoms with Crippen LogP contribution >= 0.6 is 11.6 Å². The first kappa shape index (κ1) is 20.3. The van der Waals surface area contributed by atoms with Gasteiger partial charge in [0.1, 0.15) is 17.1 Å². The van der Waals surface area contributed by atoms with Gasteiger partial charge in [0.25, 0.3) is 5.91 Å². The first-order chi connectivity index (χ1) is 15.3. The van der Waals surface area contributed by atoms with Gasteiger partial charge >= 0.3 is 0 Å². The van der Waals surface area contributed by atoms with Crippen LogP contribution in [0.4, 0.5) is 5.82 Å². The number of anilines is 1. The number of ether oxygens (including phenoxy) is 1. The summed E-state index contributed by atoms with van der Waals surface area (Å²) in [6, 6.07) is 12.9. The van der Waals surface area contributed by atoms with Gasteiger partial charge in [-0.15, -0.1) is 0 Å². The molecule has 4 aromatic rings. The van der Waals surface area contributed by atoms with Crippen LogP contribution < -0.4 is 15.1 Å². The second-order valence-corrected chi connectivity index (χ2v) is 8.36. The normalized spacial score (nSPS) is 15.6. The standard InChI is InChI=1S/C24H19ClN2O5/c1-12(2)30-16-6-4-5-14(10-16)21-20-22(28)17-11-15(25)7-8-18(17)31-23(20)24(29)27(21)19-9-13(3)32-26-19/h4-12,21H,1-3H3/t21-/m1/s1. The minimum absolute atomic E-state index is 0.0225. The topological polar surface area (TPSA) is 85.8 Å². The Morgan fingerprint density at radius 2 is 1.94 bits per heavy atom. The Bertz CT molecular complexity index is 1420. The van der Waals surface area contributed by atoms with Gasteiger partial charge in [-0.3, -0.25) is 14.5 Å². The van der Waals surface area contributed by atoms with Gasteiger partial charge < -0.3 is 13.7 Å². The average Bonchev–Trinajstić information content (AvgIpc) is 3.29. The molecule has 0 radical (unpaired) electrons. The number of halogens is 1. The zero-order valence-electron chi connectivity index (χ0n) is 17.6. The lowest BCUT2D eigenvalue weighted by Crippen LogP contribution is -2.29. The quantitative estimate of drug-likeness (QED) is 0.420. The van der Waals surface area contributed by atoms with Crippen LogP contribution in [0.3, 0.4) is 0 Å². The van der Waals surface area contributed by atoms with Crippen molar-refractivity contribution in [3.63, 3.8) is 0 Å². The van der Waals surface area contributed by atoms with Crippen molar-refractivity contribution < 1.29 is 18.5 Å². The lowest BCUT2D eigenvalue weighted by molar-refractivity contribution is 0.0969. The molecule has 7 nitrogen and oxygen atoms in total. The fourth-order valence-electron chi connectivity index (χ4n) is 3.99. The Balaban J connectivity index is 1.78. The van der Waals surface area contributed by atoms with Crippen LogP contribution in [0, 0.1) is 6.92 Å². The van der Waals surface area contributed by atoms with E-state index in [-0.39, 0.29) is 22.9 Å². The van der Waals surface area contributed by atoms with Crippen molar-refractivity contribution in [3.05, 3.63) is 86.4 Å². The van der Waals surface area contributed by atoms with Crippen LogP contribution in [0.15, 0.2) is 62.3 Å². The van der Waals surface area contributed by atoms with E-state index in [2.05, 4.69) is 5.16 Å². The third kappa shape index (κ3) is 3.26. The summed E-state index contributed by atoms with van der Waals surface area (Å²) >= 11 is 6.12. The van der Waals surface area contributed by atoms with Gasteiger partial charge in [-0.1, -0.05) is 28.9 Å². The highest BCUT2D eigenvalue weighted by atomic mass is 35.5. The molecule has 0 saturated carbocycles. The Morgan fingerprint density at radius 3 is 2.66 bits per heavy atom. The molecule has 0 saturated heterocycles. The number of carbonyl (C=O) groups excluding carboxylic acids is 1. The number of benzene rings is 2. The molecule has 5 rings (SSSR count). The zero-order chi connectivity index (χ0) is 22.6. The van der Waals surface area contributed by atoms with Gasteiger partial charge in [0.15, 0.2) is 11.2 Å². The highest BCUT2D eigenvalue weighted by molar-refractivity contribution is 6.31. The summed E-state index contributed by atoms with van der Waals surface area (Å²) in [4.78, 5) is 28.5. The van der Waals surface area contributed by atoms with Gasteiger partial charge in [-0.2, -0.15) is 0 Å². The second kappa shape index (κ2) is 7.53. The van der Waals surface area contributed by atoms with Crippen LogP contribution in [0.25, 0.3) is 11.0 Å². The van der Waals surface area contributed by atoms with E-state index < -0.39 is 11.9 Å². The number of aromatic nitrogens is 1. The highest BCUT2D eigenvalue weighted by Gasteiger charge is 2.45. The average molecular weight is 451 g/mol. The maximum absolute atomic E-state index is 13.6. The van der Waals surface area contributed by atoms with E-state index in [9.17, 15) is 9.59 Å². The lowest BCUT2D eigenvalue weighted by Gasteiger charge is -2.23. The van der Waals surface area contributed by atoms with E-state index >= 15 is 0 Å². The SMILES string of the molecule is Cc1cc(N2C(=O)c3oc4ccc(Cl)cc4c(=O)c3[C@H]2c2cccc(OC(C)C)c2)no1. The summed E-state index contributed by atoms with van der Waals surface area (Å²) in [6.45, 7) is 5.59. The number of aryl methyl sites for hydroxylation is 1. The van der Waals surface area contributed by atoms with E-state index in [1.54, 1.807) is 31.2 Å². The number of amides is 1. The van der Waals surface area contributed by atoms with E-state index in [1.807, 2.05) is 38.1 Å². The summed E-state index contributed by atoms with van der Waals surface area (Å²) in [7, 11) is 0. The summed E-state index contributed by atoms with van der Waals surface area (Å²) in [5.74, 6) is 0.965. The largest absolute Gasteiger partial charge is 0.491 e. The third-order valence-corrected chi connectivity index (χ3v) is 5.48. The summed E-state index contributed by atoms with van der Waals surface area (Å²) < 4.78 is 17.0. The molecule has 2 aromatic heterocycles. The predicted molar refractivity (Wildman–Crippen MR) is 120 cm³/mol. The van der Waals surface area contributed by atoms with Crippen LogP contribution in [-0.2, 0) is 0 Å². The number of hydrogen-bond donors (Lipinski definition) is 0. The third-order valence-electron chi connectivity index (χ3n) is 5.24. The summed E-state index contributed by atoms with van der Waals surface area (Å²) in [5, 5.41) is 4.74. The molecule has 1 atom stereocenters. The molecule has 2 aromatic carbocycles. The Labute approximate surface area is 188 Å². The van der Waals surface area contributed by atoms with E-state index in [4.69, 9.17) is 25.3 Å². The summed E-state index contributed by atoms with van der Waals surface area (Å²) in [5.41, 5.74) is 0.886. The summed E-state index contributed by atoms with van der Waals surface area (Å²) in [6.07, 6.45) is -0.0341. The molecule has 1 aliphatic rings. The maximum atomic E-state index is 13.6. The Kier molecular flexibility index (Phi) is 4.78. The van der Waals surface area contributed by atoms with Crippen LogP contribution in [0.5, 0.6) is 5.75 Å². The number of carbonyl (C=O) groups is 1. The van der Waals surface area contributed by atoms with Crippen molar-refractivity contribution in [1.82, 2.24) is 5.16 Å². The molecule has 3 heterocycles. The molecule has 1 amide bonds. The van der Waals surface area contributed by atoms with Gasteiger partial charge in [-0.05, 0) is 56.7 Å². The number of nitrogens with zero attached hydrogens (tertiary/aromatic N) is 2. The molecule has 0 aliphatic carbocycles. The minimum Gasteiger partial charge on any atom is -0.491 e. The van der Waals surface area contributed by atoms with Gasteiger partial charge in [0, 0.05) is 11.1 Å². The van der Waals surface area contributed by atoms with E-state index in [0.717, 1.165) is 0 Å². The Hall–Kier alpha value is -3.58. The highest BCUT2D eigenvalue weighted by Crippen LogP contribution is 2.41. The lowest BCUT2D eigenvalue weighted by atomic mass is 9.98. The molecule has 0 spiro atoms. The predicted octanol–water partition coefficient (Wildman–Crippen LogP) is 5.28. The Morgan fingerprint density at radius 1 is 1.12 bits per heavy atom. The minimum atomic E-state index is -0.766. The second-order valence-electron chi connectivity index (χ2n) is 7.93. The van der Waals surface area contributed by atoms with Crippen LogP contribution in [0.1, 0.15) is 47.3 Å². The molecule has 0 fully saturated rings. The zero-order valence-corrected chi connectivity index (χ0v) is 18.3. The van der Waals surface area contributed by atoms with Crippen molar-refractivity contribution in [2.75, 3.05) is 4.90 Å². The molecule has 1 aliphatic heterocycles. The van der Waals surface area contributed by atoms with Crippen LogP contribution in [-0.4, -0.2) is 17.2 Å². The molecule has 8 heteroatoms. The fourth-order valence-corrected chi connectivity index (χ4v) is 4.17. The molecule has 0 bridgehead atoms. The van der Waals surface area contributed by atoms with Gasteiger partial charge in [0.2, 0.25) is 5.76 Å².